The van der Waals surface area contributed by atoms with Crippen molar-refractivity contribution in [3.63, 3.8) is 0 Å². The van der Waals surface area contributed by atoms with Gasteiger partial charge in [0, 0.05) is 43.6 Å². The van der Waals surface area contributed by atoms with E-state index in [1.54, 1.807) is 13.0 Å². The van der Waals surface area contributed by atoms with Gasteiger partial charge in [0.05, 0.1) is 5.75 Å². The Morgan fingerprint density at radius 1 is 1.29 bits per heavy atom. The van der Waals surface area contributed by atoms with E-state index in [1.165, 1.54) is 39.1 Å². The first-order valence-electron chi connectivity index (χ1n) is 10.4. The number of rotatable bonds is 8. The molecular weight excluding hydrogens is 435 g/mol. The molecule has 168 valence electrons. The van der Waals surface area contributed by atoms with Crippen LogP contribution in [0.3, 0.4) is 0 Å². The van der Waals surface area contributed by atoms with E-state index in [0.29, 0.717) is 26.1 Å². The average Bonchev–Trinajstić information content (AvgIpc) is 3.18. The number of hydrogen-bond acceptors (Lipinski definition) is 6. The van der Waals surface area contributed by atoms with Crippen molar-refractivity contribution in [2.75, 3.05) is 30.3 Å². The van der Waals surface area contributed by atoms with Gasteiger partial charge in [-0.1, -0.05) is 35.9 Å². The monoisotopic (exact) mass is 464 g/mol. The molecule has 2 aromatic rings. The average molecular weight is 465 g/mol. The maximum absolute atomic E-state index is 13.4. The number of aromatic nitrogens is 2. The summed E-state index contributed by atoms with van der Waals surface area (Å²) < 4.78 is 44.9. The Bertz CT molecular complexity index is 1030. The van der Waals surface area contributed by atoms with Gasteiger partial charge in [-0.25, -0.2) is 17.8 Å². The van der Waals surface area contributed by atoms with Gasteiger partial charge >= 0.3 is 0 Å². The number of nitrogens with zero attached hydrogens (tertiary/aromatic N) is 4. The Kier molecular flexibility index (Phi) is 7.96. The van der Waals surface area contributed by atoms with Crippen molar-refractivity contribution < 1.29 is 12.8 Å². The Hall–Kier alpha value is -2.10. The summed E-state index contributed by atoms with van der Waals surface area (Å²) in [6.07, 6.45) is 5.06. The van der Waals surface area contributed by atoms with Gasteiger partial charge in [-0.2, -0.15) is 8.68 Å². The van der Waals surface area contributed by atoms with Gasteiger partial charge in [0.15, 0.2) is 0 Å². The molecule has 0 bridgehead atoms. The topological polar surface area (TPSA) is 66.4 Å². The van der Waals surface area contributed by atoms with Crippen LogP contribution in [0, 0.1) is 6.92 Å². The summed E-state index contributed by atoms with van der Waals surface area (Å²) in [6, 6.07) is 8.14. The highest BCUT2D eigenvalue weighted by atomic mass is 32.2. The highest BCUT2D eigenvalue weighted by molar-refractivity contribution is 7.89. The summed E-state index contributed by atoms with van der Waals surface area (Å²) in [5.74, 6) is 0.275. The van der Waals surface area contributed by atoms with Crippen LogP contribution in [0.4, 0.5) is 9.52 Å². The summed E-state index contributed by atoms with van der Waals surface area (Å²) in [5.41, 5.74) is 2.38. The molecule has 9 heteroatoms. The van der Waals surface area contributed by atoms with Crippen LogP contribution in [0.15, 0.2) is 48.3 Å². The fourth-order valence-electron chi connectivity index (χ4n) is 3.55. The molecule has 1 fully saturated rings. The van der Waals surface area contributed by atoms with Crippen LogP contribution in [0.2, 0.25) is 0 Å². The van der Waals surface area contributed by atoms with Gasteiger partial charge in [0.2, 0.25) is 15.2 Å². The van der Waals surface area contributed by atoms with Crippen molar-refractivity contribution in [3.8, 4) is 0 Å². The third-order valence-corrected chi connectivity index (χ3v) is 8.00. The molecule has 0 spiro atoms. The van der Waals surface area contributed by atoms with Crippen LogP contribution < -0.4 is 4.90 Å². The normalized spacial score (nSPS) is 18.8. The molecule has 0 amide bonds. The van der Waals surface area contributed by atoms with Crippen molar-refractivity contribution in [3.05, 3.63) is 65.3 Å². The molecule has 0 radical (unpaired) electrons. The van der Waals surface area contributed by atoms with Gasteiger partial charge in [-0.05, 0) is 44.9 Å². The first-order valence-corrected chi connectivity index (χ1v) is 12.8. The Labute approximate surface area is 188 Å². The molecule has 2 heterocycles. The van der Waals surface area contributed by atoms with Gasteiger partial charge in [0.25, 0.3) is 0 Å². The second-order valence-electron chi connectivity index (χ2n) is 7.76. The maximum atomic E-state index is 13.4. The summed E-state index contributed by atoms with van der Waals surface area (Å²) in [6.45, 7) is 7.18. The summed E-state index contributed by atoms with van der Waals surface area (Å²) in [7, 11) is -3.45. The minimum atomic E-state index is -3.45. The van der Waals surface area contributed by atoms with Gasteiger partial charge in [-0.3, -0.25) is 0 Å². The Morgan fingerprint density at radius 3 is 2.71 bits per heavy atom. The third-order valence-electron chi connectivity index (χ3n) is 5.18. The minimum Gasteiger partial charge on any atom is -0.344 e. The van der Waals surface area contributed by atoms with Crippen LogP contribution in [0.25, 0.3) is 0 Å². The predicted molar refractivity (Wildman–Crippen MR) is 125 cm³/mol. The quantitative estimate of drug-likeness (QED) is 0.551. The second kappa shape index (κ2) is 10.5. The summed E-state index contributed by atoms with van der Waals surface area (Å²) in [4.78, 5) is 6.77. The zero-order valence-corrected chi connectivity index (χ0v) is 19.8. The highest BCUT2D eigenvalue weighted by Crippen LogP contribution is 2.24. The van der Waals surface area contributed by atoms with E-state index in [1.807, 2.05) is 6.92 Å². The molecule has 1 aromatic heterocycles. The van der Waals surface area contributed by atoms with Crippen LogP contribution in [-0.4, -0.2) is 53.5 Å². The molecule has 1 aliphatic rings. The number of anilines is 1. The lowest BCUT2D eigenvalue weighted by molar-refractivity contribution is 0.306. The van der Waals surface area contributed by atoms with Crippen molar-refractivity contribution in [1.29, 1.82) is 0 Å². The standard InChI is InChI=1S/C22H29FN4O2S2/c1-4-6-20(23)7-5-14-31(28,29)27-13-12-26(16-18(27)3)22-24-21(25-30-22)15-19-10-8-17(2)9-11-19/h4,6-11,18H,5,12-16H2,1-3H3/b6-4-,20-7+. The van der Waals surface area contributed by atoms with Crippen molar-refractivity contribution in [1.82, 2.24) is 13.7 Å². The molecule has 1 atom stereocenters. The van der Waals surface area contributed by atoms with E-state index in [0.717, 1.165) is 11.0 Å². The fraction of sp³-hybridized carbons (Fsp3) is 0.455. The van der Waals surface area contributed by atoms with E-state index in [4.69, 9.17) is 0 Å². The third kappa shape index (κ3) is 6.44. The predicted octanol–water partition coefficient (Wildman–Crippen LogP) is 4.10. The number of halogens is 1. The van der Waals surface area contributed by atoms with E-state index >= 15 is 0 Å². The summed E-state index contributed by atoms with van der Waals surface area (Å²) >= 11 is 1.35. The number of sulfonamides is 1. The van der Waals surface area contributed by atoms with Crippen molar-refractivity contribution in [2.24, 2.45) is 0 Å². The van der Waals surface area contributed by atoms with Crippen molar-refractivity contribution >= 4 is 26.7 Å². The number of hydrogen-bond donors (Lipinski definition) is 0. The Balaban J connectivity index is 1.58. The molecule has 0 N–H and O–H groups in total. The highest BCUT2D eigenvalue weighted by Gasteiger charge is 2.33. The summed E-state index contributed by atoms with van der Waals surface area (Å²) in [5, 5.41) is 0.822. The van der Waals surface area contributed by atoms with Crippen LogP contribution >= 0.6 is 11.5 Å². The first-order chi connectivity index (χ1) is 14.8. The molecule has 1 unspecified atom stereocenters. The van der Waals surface area contributed by atoms with Crippen LogP contribution in [-0.2, 0) is 16.4 Å². The van der Waals surface area contributed by atoms with E-state index in [9.17, 15) is 12.8 Å². The van der Waals surface area contributed by atoms with Crippen molar-refractivity contribution in [2.45, 2.75) is 39.7 Å². The Morgan fingerprint density at radius 2 is 2.03 bits per heavy atom. The molecule has 1 aromatic carbocycles. The molecule has 3 rings (SSSR count). The largest absolute Gasteiger partial charge is 0.344 e. The number of piperazine rings is 1. The molecular formula is C22H29FN4O2S2. The van der Waals surface area contributed by atoms with Gasteiger partial charge in [-0.15, -0.1) is 0 Å². The maximum Gasteiger partial charge on any atom is 0.214 e. The molecule has 6 nitrogen and oxygen atoms in total. The van der Waals surface area contributed by atoms with E-state index in [-0.39, 0.29) is 18.2 Å². The molecule has 0 saturated carbocycles. The van der Waals surface area contributed by atoms with E-state index in [2.05, 4.69) is 45.4 Å². The zero-order valence-electron chi connectivity index (χ0n) is 18.2. The molecule has 1 saturated heterocycles. The SMILES string of the molecule is C/C=C\C(F)=C/CCS(=O)(=O)N1CCN(c2nc(Cc3ccc(C)cc3)ns2)CC1C. The van der Waals surface area contributed by atoms with Gasteiger partial charge < -0.3 is 4.90 Å². The van der Waals surface area contributed by atoms with E-state index < -0.39 is 15.9 Å². The van der Waals surface area contributed by atoms with Crippen LogP contribution in [0.5, 0.6) is 0 Å². The number of allylic oxidation sites excluding steroid dienone is 4. The lowest BCUT2D eigenvalue weighted by Crippen LogP contribution is -2.54. The first kappa shape index (κ1) is 23.6. The lowest BCUT2D eigenvalue weighted by Gasteiger charge is -2.38. The van der Waals surface area contributed by atoms with Crippen LogP contribution in [0.1, 0.15) is 37.2 Å². The minimum absolute atomic E-state index is 0.0954. The fourth-order valence-corrected chi connectivity index (χ4v) is 5.90. The smallest absolute Gasteiger partial charge is 0.214 e. The lowest BCUT2D eigenvalue weighted by atomic mass is 10.1. The number of benzene rings is 1. The second-order valence-corrected chi connectivity index (χ2v) is 10.5. The molecule has 1 aliphatic heterocycles. The molecule has 0 aliphatic carbocycles. The zero-order chi connectivity index (χ0) is 22.4. The molecule has 31 heavy (non-hydrogen) atoms. The van der Waals surface area contributed by atoms with Gasteiger partial charge in [0.1, 0.15) is 11.7 Å². The number of aryl methyl sites for hydroxylation is 1.